The van der Waals surface area contributed by atoms with Gasteiger partial charge in [-0.05, 0) is 48.4 Å². The molecule has 2 aromatic carbocycles. The predicted molar refractivity (Wildman–Crippen MR) is 120 cm³/mol. The van der Waals surface area contributed by atoms with E-state index in [-0.39, 0.29) is 10.3 Å². The Morgan fingerprint density at radius 3 is 2.27 bits per heavy atom. The van der Waals surface area contributed by atoms with Crippen LogP contribution >= 0.6 is 0 Å². The molecule has 0 aliphatic carbocycles. The van der Waals surface area contributed by atoms with Crippen LogP contribution in [-0.4, -0.2) is 29.6 Å². The minimum absolute atomic E-state index is 0.0762. The molecular formula is C23H26N4O2S. The number of nitrogens with zero attached hydrogens (tertiary/aromatic N) is 3. The van der Waals surface area contributed by atoms with Gasteiger partial charge in [-0.2, -0.15) is 0 Å². The molecule has 4 aromatic rings. The average molecular weight is 423 g/mol. The zero-order chi connectivity index (χ0) is 21.7. The topological polar surface area (TPSA) is 68.9 Å². The van der Waals surface area contributed by atoms with Crippen molar-refractivity contribution < 1.29 is 8.42 Å². The Hall–Kier alpha value is -2.90. The molecule has 4 rings (SSSR count). The number of nitrogens with one attached hydrogen (secondary N) is 1. The molecular weight excluding hydrogens is 396 g/mol. The summed E-state index contributed by atoms with van der Waals surface area (Å²) in [6, 6.07) is 13.7. The van der Waals surface area contributed by atoms with Crippen molar-refractivity contribution in [3.05, 3.63) is 66.7 Å². The standard InChI is InChI=1S/C23H26N4O2S/c1-23(2,3)16-6-8-17(9-7-16)27-13-20(21-14-26(5)15-25-21)19-12-18(10-11-22(19)27)30(28,29)24-4/h6-15,24H,1-5H3. The van der Waals surface area contributed by atoms with Crippen LogP contribution in [0.5, 0.6) is 0 Å². The van der Waals surface area contributed by atoms with E-state index in [4.69, 9.17) is 0 Å². The molecule has 0 radical (unpaired) electrons. The van der Waals surface area contributed by atoms with Crippen LogP contribution < -0.4 is 4.72 Å². The van der Waals surface area contributed by atoms with Crippen molar-refractivity contribution in [1.82, 2.24) is 18.8 Å². The summed E-state index contributed by atoms with van der Waals surface area (Å²) in [5.41, 5.74) is 4.96. The van der Waals surface area contributed by atoms with Crippen molar-refractivity contribution in [2.24, 2.45) is 7.05 Å². The van der Waals surface area contributed by atoms with Crippen molar-refractivity contribution in [2.45, 2.75) is 31.1 Å². The normalized spacial score (nSPS) is 12.6. The summed E-state index contributed by atoms with van der Waals surface area (Å²) in [6.45, 7) is 6.57. The lowest BCUT2D eigenvalue weighted by Gasteiger charge is -2.19. The van der Waals surface area contributed by atoms with Crippen LogP contribution in [0.15, 0.2) is 66.1 Å². The second-order valence-corrected chi connectivity index (χ2v) is 10.4. The van der Waals surface area contributed by atoms with Crippen molar-refractivity contribution in [3.8, 4) is 16.9 Å². The second-order valence-electron chi connectivity index (χ2n) is 8.52. The number of hydrogen-bond acceptors (Lipinski definition) is 3. The number of fused-ring (bicyclic) bond motifs is 1. The van der Waals surface area contributed by atoms with E-state index in [1.54, 1.807) is 18.5 Å². The van der Waals surface area contributed by atoms with E-state index in [2.05, 4.69) is 59.3 Å². The molecule has 0 saturated carbocycles. The first-order valence-corrected chi connectivity index (χ1v) is 11.3. The molecule has 1 N–H and O–H groups in total. The maximum absolute atomic E-state index is 12.4. The molecule has 0 atom stereocenters. The Morgan fingerprint density at radius 1 is 1.00 bits per heavy atom. The van der Waals surface area contributed by atoms with Gasteiger partial charge in [0.25, 0.3) is 0 Å². The molecule has 0 saturated heterocycles. The van der Waals surface area contributed by atoms with E-state index in [0.29, 0.717) is 0 Å². The van der Waals surface area contributed by atoms with Gasteiger partial charge >= 0.3 is 0 Å². The van der Waals surface area contributed by atoms with Crippen molar-refractivity contribution in [3.63, 3.8) is 0 Å². The second kappa shape index (κ2) is 7.11. The van der Waals surface area contributed by atoms with E-state index in [1.165, 1.54) is 12.6 Å². The summed E-state index contributed by atoms with van der Waals surface area (Å²) in [7, 11) is -0.213. The largest absolute Gasteiger partial charge is 0.340 e. The van der Waals surface area contributed by atoms with E-state index in [9.17, 15) is 8.42 Å². The third-order valence-corrected chi connectivity index (χ3v) is 6.76. The van der Waals surface area contributed by atoms with Gasteiger partial charge in [0, 0.05) is 36.1 Å². The number of aromatic nitrogens is 3. The maximum Gasteiger partial charge on any atom is 0.240 e. The zero-order valence-corrected chi connectivity index (χ0v) is 18.7. The van der Waals surface area contributed by atoms with Crippen molar-refractivity contribution in [2.75, 3.05) is 7.05 Å². The molecule has 156 valence electrons. The molecule has 2 heterocycles. The fourth-order valence-corrected chi connectivity index (χ4v) is 4.34. The maximum atomic E-state index is 12.4. The molecule has 0 fully saturated rings. The Balaban J connectivity index is 1.95. The van der Waals surface area contributed by atoms with E-state index in [1.807, 2.05) is 30.1 Å². The van der Waals surface area contributed by atoms with Crippen LogP contribution in [0.4, 0.5) is 0 Å². The molecule has 0 unspecified atom stereocenters. The molecule has 0 amide bonds. The van der Waals surface area contributed by atoms with Crippen LogP contribution in [0.25, 0.3) is 27.8 Å². The molecule has 0 aliphatic rings. The number of sulfonamides is 1. The zero-order valence-electron chi connectivity index (χ0n) is 17.8. The Labute approximate surface area is 177 Å². The van der Waals surface area contributed by atoms with Gasteiger partial charge in [0.05, 0.1) is 22.4 Å². The lowest BCUT2D eigenvalue weighted by atomic mass is 9.87. The fraction of sp³-hybridized carbons (Fsp3) is 0.261. The van der Waals surface area contributed by atoms with Crippen molar-refractivity contribution >= 4 is 20.9 Å². The minimum Gasteiger partial charge on any atom is -0.340 e. The van der Waals surface area contributed by atoms with Gasteiger partial charge in [-0.1, -0.05) is 32.9 Å². The fourth-order valence-electron chi connectivity index (χ4n) is 3.59. The highest BCUT2D eigenvalue weighted by Gasteiger charge is 2.19. The van der Waals surface area contributed by atoms with E-state index >= 15 is 0 Å². The first kappa shape index (κ1) is 20.4. The number of imidazole rings is 1. The van der Waals surface area contributed by atoms with Gasteiger partial charge in [0.1, 0.15) is 0 Å². The molecule has 0 aliphatic heterocycles. The van der Waals surface area contributed by atoms with Crippen LogP contribution in [0, 0.1) is 0 Å². The van der Waals surface area contributed by atoms with Crippen LogP contribution in [-0.2, 0) is 22.5 Å². The molecule has 0 spiro atoms. The summed E-state index contributed by atoms with van der Waals surface area (Å²) in [5.74, 6) is 0. The molecule has 2 aromatic heterocycles. The lowest BCUT2D eigenvalue weighted by molar-refractivity contribution is 0.588. The third-order valence-electron chi connectivity index (χ3n) is 5.35. The first-order valence-electron chi connectivity index (χ1n) is 9.78. The summed E-state index contributed by atoms with van der Waals surface area (Å²) in [4.78, 5) is 4.72. The van der Waals surface area contributed by atoms with Crippen molar-refractivity contribution in [1.29, 1.82) is 0 Å². The Kier molecular flexibility index (Phi) is 4.83. The van der Waals surface area contributed by atoms with Gasteiger partial charge in [0.2, 0.25) is 10.0 Å². The van der Waals surface area contributed by atoms with Gasteiger partial charge < -0.3 is 9.13 Å². The number of aryl methyl sites for hydroxylation is 1. The Morgan fingerprint density at radius 2 is 1.70 bits per heavy atom. The van der Waals surface area contributed by atoms with Gasteiger partial charge in [0.15, 0.2) is 0 Å². The predicted octanol–water partition coefficient (Wildman–Crippen LogP) is 4.24. The summed E-state index contributed by atoms with van der Waals surface area (Å²) < 4.78 is 31.1. The van der Waals surface area contributed by atoms with Gasteiger partial charge in [-0.15, -0.1) is 0 Å². The molecule has 0 bridgehead atoms. The monoisotopic (exact) mass is 422 g/mol. The molecule has 6 nitrogen and oxygen atoms in total. The Bertz CT molecular complexity index is 1320. The number of benzene rings is 2. The van der Waals surface area contributed by atoms with Crippen LogP contribution in [0.2, 0.25) is 0 Å². The van der Waals surface area contributed by atoms with Gasteiger partial charge in [-0.3, -0.25) is 0 Å². The van der Waals surface area contributed by atoms with E-state index < -0.39 is 10.0 Å². The first-order chi connectivity index (χ1) is 14.1. The number of rotatable bonds is 4. The third kappa shape index (κ3) is 3.55. The average Bonchev–Trinajstić information content (AvgIpc) is 3.30. The SMILES string of the molecule is CNS(=O)(=O)c1ccc2c(c1)c(-c1cn(C)cn1)cn2-c1ccc(C(C)(C)C)cc1. The number of hydrogen-bond donors (Lipinski definition) is 1. The van der Waals surface area contributed by atoms with Gasteiger partial charge in [-0.25, -0.2) is 18.1 Å². The minimum atomic E-state index is -3.55. The summed E-state index contributed by atoms with van der Waals surface area (Å²) >= 11 is 0. The highest BCUT2D eigenvalue weighted by molar-refractivity contribution is 7.89. The highest BCUT2D eigenvalue weighted by atomic mass is 32.2. The summed E-state index contributed by atoms with van der Waals surface area (Å²) in [6.07, 6.45) is 5.70. The quantitative estimate of drug-likeness (QED) is 0.535. The smallest absolute Gasteiger partial charge is 0.240 e. The van der Waals surface area contributed by atoms with E-state index in [0.717, 1.165) is 27.8 Å². The molecule has 30 heavy (non-hydrogen) atoms. The summed E-state index contributed by atoms with van der Waals surface area (Å²) in [5, 5.41) is 0.838. The van der Waals surface area contributed by atoms with Crippen LogP contribution in [0.1, 0.15) is 26.3 Å². The highest BCUT2D eigenvalue weighted by Crippen LogP contribution is 2.34. The lowest BCUT2D eigenvalue weighted by Crippen LogP contribution is -2.18. The molecule has 7 heteroatoms. The van der Waals surface area contributed by atoms with Crippen LogP contribution in [0.3, 0.4) is 0 Å².